The van der Waals surface area contributed by atoms with Gasteiger partial charge >= 0.3 is 0 Å². The maximum Gasteiger partial charge on any atom is 0.241 e. The van der Waals surface area contributed by atoms with Crippen molar-refractivity contribution in [2.75, 3.05) is 25.5 Å². The van der Waals surface area contributed by atoms with Gasteiger partial charge in [-0.3, -0.25) is 4.79 Å². The fourth-order valence-corrected chi connectivity index (χ4v) is 1.53. The number of halogens is 1. The molecule has 0 unspecified atom stereocenters. The van der Waals surface area contributed by atoms with Crippen molar-refractivity contribution in [2.24, 2.45) is 0 Å². The number of unbranched alkanes of at least 4 members (excludes halogenated alkanes) is 1. The van der Waals surface area contributed by atoms with E-state index in [2.05, 4.69) is 12.2 Å². The van der Waals surface area contributed by atoms with Gasteiger partial charge in [0.25, 0.3) is 0 Å². The first-order valence-electron chi connectivity index (χ1n) is 5.87. The quantitative estimate of drug-likeness (QED) is 0.846. The van der Waals surface area contributed by atoms with Crippen LogP contribution in [0.15, 0.2) is 24.3 Å². The number of hydrogen-bond acceptors (Lipinski definition) is 2. The van der Waals surface area contributed by atoms with Crippen LogP contribution in [0.5, 0.6) is 0 Å². The van der Waals surface area contributed by atoms with Crippen LogP contribution in [0.3, 0.4) is 0 Å². The van der Waals surface area contributed by atoms with Crippen molar-refractivity contribution < 1.29 is 4.79 Å². The normalized spacial score (nSPS) is 10.1. The summed E-state index contributed by atoms with van der Waals surface area (Å²) in [4.78, 5) is 13.5. The second-order valence-corrected chi connectivity index (χ2v) is 4.47. The fraction of sp³-hybridized carbons (Fsp3) is 0.462. The van der Waals surface area contributed by atoms with E-state index in [1.165, 1.54) is 0 Å². The van der Waals surface area contributed by atoms with Gasteiger partial charge in [-0.1, -0.05) is 24.9 Å². The molecule has 0 aliphatic carbocycles. The minimum absolute atomic E-state index is 0.105. The zero-order valence-corrected chi connectivity index (χ0v) is 11.1. The van der Waals surface area contributed by atoms with Crippen LogP contribution in [0, 0.1) is 0 Å². The van der Waals surface area contributed by atoms with E-state index in [-0.39, 0.29) is 5.91 Å². The lowest BCUT2D eigenvalue weighted by Gasteiger charge is -2.17. The van der Waals surface area contributed by atoms with Crippen molar-refractivity contribution in [3.63, 3.8) is 0 Å². The highest BCUT2D eigenvalue weighted by atomic mass is 35.5. The number of nitrogens with zero attached hydrogens (tertiary/aromatic N) is 1. The first-order valence-corrected chi connectivity index (χ1v) is 6.24. The van der Waals surface area contributed by atoms with Gasteiger partial charge in [0.1, 0.15) is 0 Å². The van der Waals surface area contributed by atoms with Gasteiger partial charge < -0.3 is 10.2 Å². The fourth-order valence-electron chi connectivity index (χ4n) is 1.40. The lowest BCUT2D eigenvalue weighted by Crippen LogP contribution is -2.32. The number of anilines is 1. The molecule has 0 aliphatic heterocycles. The molecular weight excluding hydrogens is 236 g/mol. The Morgan fingerprint density at radius 1 is 1.35 bits per heavy atom. The van der Waals surface area contributed by atoms with Crippen molar-refractivity contribution in [3.8, 4) is 0 Å². The molecule has 1 aromatic carbocycles. The second-order valence-electron chi connectivity index (χ2n) is 4.03. The van der Waals surface area contributed by atoms with Crippen LogP contribution in [-0.2, 0) is 4.79 Å². The summed E-state index contributed by atoms with van der Waals surface area (Å²) < 4.78 is 0. The smallest absolute Gasteiger partial charge is 0.241 e. The van der Waals surface area contributed by atoms with Crippen LogP contribution >= 0.6 is 11.6 Å². The second kappa shape index (κ2) is 7.17. The van der Waals surface area contributed by atoms with Crippen molar-refractivity contribution >= 4 is 23.2 Å². The highest BCUT2D eigenvalue weighted by Crippen LogP contribution is 2.12. The first kappa shape index (κ1) is 13.8. The Morgan fingerprint density at radius 3 is 2.59 bits per heavy atom. The van der Waals surface area contributed by atoms with E-state index in [0.717, 1.165) is 25.1 Å². The van der Waals surface area contributed by atoms with E-state index < -0.39 is 0 Å². The summed E-state index contributed by atoms with van der Waals surface area (Å²) in [6.45, 7) is 3.25. The predicted octanol–water partition coefficient (Wildman–Crippen LogP) is 3.01. The SMILES string of the molecule is CCCCN(C)C(=O)CNc1ccc(Cl)cc1. The van der Waals surface area contributed by atoms with Gasteiger partial charge in [-0.25, -0.2) is 0 Å². The number of amides is 1. The van der Waals surface area contributed by atoms with Crippen LogP contribution in [-0.4, -0.2) is 30.9 Å². The highest BCUT2D eigenvalue weighted by molar-refractivity contribution is 6.30. The van der Waals surface area contributed by atoms with E-state index in [0.29, 0.717) is 11.6 Å². The Hall–Kier alpha value is -1.22. The standard InChI is InChI=1S/C13H19ClN2O/c1-3-4-9-16(2)13(17)10-15-12-7-5-11(14)6-8-12/h5-8,15H,3-4,9-10H2,1-2H3. The van der Waals surface area contributed by atoms with Crippen LogP contribution in [0.4, 0.5) is 5.69 Å². The van der Waals surface area contributed by atoms with Gasteiger partial charge in [0, 0.05) is 24.3 Å². The number of rotatable bonds is 6. The minimum atomic E-state index is 0.105. The molecule has 0 heterocycles. The summed E-state index contributed by atoms with van der Waals surface area (Å²) in [5.74, 6) is 0.105. The van der Waals surface area contributed by atoms with Gasteiger partial charge in [-0.05, 0) is 30.7 Å². The molecule has 0 radical (unpaired) electrons. The Labute approximate surface area is 108 Å². The third-order valence-electron chi connectivity index (χ3n) is 2.56. The number of carbonyl (C=O) groups is 1. The Balaban J connectivity index is 2.34. The lowest BCUT2D eigenvalue weighted by atomic mass is 10.3. The molecule has 0 fully saturated rings. The van der Waals surface area contributed by atoms with Gasteiger partial charge in [-0.2, -0.15) is 0 Å². The largest absolute Gasteiger partial charge is 0.376 e. The third-order valence-corrected chi connectivity index (χ3v) is 2.81. The van der Waals surface area contributed by atoms with Crippen LogP contribution in [0.1, 0.15) is 19.8 Å². The van der Waals surface area contributed by atoms with E-state index in [1.807, 2.05) is 19.2 Å². The van der Waals surface area contributed by atoms with Gasteiger partial charge in [0.05, 0.1) is 6.54 Å². The number of carbonyl (C=O) groups excluding carboxylic acids is 1. The number of nitrogens with one attached hydrogen (secondary N) is 1. The van der Waals surface area contributed by atoms with Crippen LogP contribution in [0.25, 0.3) is 0 Å². The van der Waals surface area contributed by atoms with Crippen LogP contribution < -0.4 is 5.32 Å². The van der Waals surface area contributed by atoms with Gasteiger partial charge in [-0.15, -0.1) is 0 Å². The average Bonchev–Trinajstić information content (AvgIpc) is 2.34. The molecule has 17 heavy (non-hydrogen) atoms. The molecule has 0 aliphatic rings. The molecule has 0 spiro atoms. The number of hydrogen-bond donors (Lipinski definition) is 1. The van der Waals surface area contributed by atoms with E-state index in [1.54, 1.807) is 17.0 Å². The number of benzene rings is 1. The molecule has 0 saturated heterocycles. The van der Waals surface area contributed by atoms with Crippen molar-refractivity contribution in [2.45, 2.75) is 19.8 Å². The molecule has 0 atom stereocenters. The van der Waals surface area contributed by atoms with Crippen molar-refractivity contribution in [1.82, 2.24) is 4.90 Å². The predicted molar refractivity (Wildman–Crippen MR) is 72.5 cm³/mol. The molecule has 0 aromatic heterocycles. The Bertz CT molecular complexity index is 351. The molecular formula is C13H19ClN2O. The zero-order chi connectivity index (χ0) is 12.7. The van der Waals surface area contributed by atoms with Gasteiger partial charge in [0.15, 0.2) is 0 Å². The van der Waals surface area contributed by atoms with E-state index >= 15 is 0 Å². The summed E-state index contributed by atoms with van der Waals surface area (Å²) in [7, 11) is 1.83. The topological polar surface area (TPSA) is 32.3 Å². The van der Waals surface area contributed by atoms with Crippen LogP contribution in [0.2, 0.25) is 5.02 Å². The molecule has 94 valence electrons. The van der Waals surface area contributed by atoms with E-state index in [4.69, 9.17) is 11.6 Å². The van der Waals surface area contributed by atoms with E-state index in [9.17, 15) is 4.79 Å². The summed E-state index contributed by atoms with van der Waals surface area (Å²) >= 11 is 5.78. The molecule has 1 rings (SSSR count). The Morgan fingerprint density at radius 2 is 2.00 bits per heavy atom. The summed E-state index contributed by atoms with van der Waals surface area (Å²) in [6, 6.07) is 7.33. The van der Waals surface area contributed by atoms with Crippen molar-refractivity contribution in [3.05, 3.63) is 29.3 Å². The minimum Gasteiger partial charge on any atom is -0.376 e. The molecule has 1 N–H and O–H groups in total. The molecule has 4 heteroatoms. The molecule has 0 bridgehead atoms. The lowest BCUT2D eigenvalue weighted by molar-refractivity contribution is -0.128. The molecule has 3 nitrogen and oxygen atoms in total. The highest BCUT2D eigenvalue weighted by Gasteiger charge is 2.07. The van der Waals surface area contributed by atoms with Gasteiger partial charge in [0.2, 0.25) is 5.91 Å². The van der Waals surface area contributed by atoms with Crippen molar-refractivity contribution in [1.29, 1.82) is 0 Å². The summed E-state index contributed by atoms with van der Waals surface area (Å²) in [5, 5.41) is 3.78. The summed E-state index contributed by atoms with van der Waals surface area (Å²) in [5.41, 5.74) is 0.909. The Kier molecular flexibility index (Phi) is 5.84. The average molecular weight is 255 g/mol. The molecule has 1 aromatic rings. The zero-order valence-electron chi connectivity index (χ0n) is 10.4. The summed E-state index contributed by atoms with van der Waals surface area (Å²) in [6.07, 6.45) is 2.14. The molecule has 0 saturated carbocycles. The molecule has 1 amide bonds. The first-order chi connectivity index (χ1) is 8.13. The maximum absolute atomic E-state index is 11.7. The number of likely N-dealkylation sites (N-methyl/N-ethyl adjacent to an activating group) is 1. The monoisotopic (exact) mass is 254 g/mol. The third kappa shape index (κ3) is 5.09. The maximum atomic E-state index is 11.7.